The van der Waals surface area contributed by atoms with E-state index in [1.54, 1.807) is 6.92 Å². The lowest BCUT2D eigenvalue weighted by Gasteiger charge is -2.42. The van der Waals surface area contributed by atoms with Crippen molar-refractivity contribution >= 4 is 18.0 Å². The smallest absolute Gasteiger partial charge is 0.408 e. The average molecular weight is 467 g/mol. The van der Waals surface area contributed by atoms with E-state index in [2.05, 4.69) is 22.8 Å². The lowest BCUT2D eigenvalue weighted by molar-refractivity contribution is -0.152. The molecular formula is C26H30N2O6. The maximum Gasteiger partial charge on any atom is 0.408 e. The van der Waals surface area contributed by atoms with Crippen molar-refractivity contribution in [1.82, 2.24) is 10.6 Å². The maximum absolute atomic E-state index is 13.1. The lowest BCUT2D eigenvalue weighted by atomic mass is 9.75. The topological polar surface area (TPSA) is 114 Å². The van der Waals surface area contributed by atoms with Crippen LogP contribution < -0.4 is 10.6 Å². The van der Waals surface area contributed by atoms with E-state index < -0.39 is 29.0 Å². The molecule has 1 saturated carbocycles. The molecule has 0 aliphatic heterocycles. The summed E-state index contributed by atoms with van der Waals surface area (Å²) in [5, 5.41) is 15.0. The van der Waals surface area contributed by atoms with Gasteiger partial charge in [-0.3, -0.25) is 4.79 Å². The normalized spacial score (nSPS) is 17.5. The number of amides is 2. The first-order valence-electron chi connectivity index (χ1n) is 11.5. The third-order valence-corrected chi connectivity index (χ3v) is 7.08. The van der Waals surface area contributed by atoms with Gasteiger partial charge in [0.1, 0.15) is 12.1 Å². The second-order valence-electron chi connectivity index (χ2n) is 9.01. The summed E-state index contributed by atoms with van der Waals surface area (Å²) < 4.78 is 10.7. The molecule has 0 aromatic heterocycles. The third-order valence-electron chi connectivity index (χ3n) is 7.08. The molecule has 180 valence electrons. The van der Waals surface area contributed by atoms with Crippen LogP contribution in [-0.2, 0) is 19.1 Å². The van der Waals surface area contributed by atoms with Crippen LogP contribution in [0.2, 0.25) is 0 Å². The molecule has 1 atom stereocenters. The van der Waals surface area contributed by atoms with Crippen LogP contribution in [0.3, 0.4) is 0 Å². The van der Waals surface area contributed by atoms with E-state index in [0.717, 1.165) is 28.7 Å². The predicted molar refractivity (Wildman–Crippen MR) is 125 cm³/mol. The van der Waals surface area contributed by atoms with Gasteiger partial charge in [-0.25, -0.2) is 9.59 Å². The van der Waals surface area contributed by atoms with Crippen LogP contribution in [0, 0.1) is 0 Å². The lowest BCUT2D eigenvalue weighted by Crippen LogP contribution is -2.68. The van der Waals surface area contributed by atoms with Crippen molar-refractivity contribution in [2.45, 2.75) is 49.6 Å². The number of ether oxygens (including phenoxy) is 2. The maximum atomic E-state index is 13.1. The zero-order valence-electron chi connectivity index (χ0n) is 19.4. The van der Waals surface area contributed by atoms with E-state index in [9.17, 15) is 19.5 Å². The van der Waals surface area contributed by atoms with Crippen molar-refractivity contribution in [2.75, 3.05) is 20.3 Å². The molecule has 4 rings (SSSR count). The zero-order chi connectivity index (χ0) is 24.3. The van der Waals surface area contributed by atoms with Gasteiger partial charge in [-0.05, 0) is 47.9 Å². The number of fused-ring (bicyclic) bond motifs is 3. The van der Waals surface area contributed by atoms with Crippen LogP contribution in [0.4, 0.5) is 4.79 Å². The first-order chi connectivity index (χ1) is 16.4. The van der Waals surface area contributed by atoms with Crippen LogP contribution in [-0.4, -0.2) is 54.5 Å². The van der Waals surface area contributed by atoms with Gasteiger partial charge in [0.2, 0.25) is 5.91 Å². The van der Waals surface area contributed by atoms with E-state index in [-0.39, 0.29) is 25.6 Å². The summed E-state index contributed by atoms with van der Waals surface area (Å²) in [6, 6.07) is 16.1. The van der Waals surface area contributed by atoms with E-state index in [0.29, 0.717) is 12.8 Å². The molecule has 0 radical (unpaired) electrons. The van der Waals surface area contributed by atoms with E-state index >= 15 is 0 Å². The molecule has 34 heavy (non-hydrogen) atoms. The van der Waals surface area contributed by atoms with Crippen molar-refractivity contribution in [2.24, 2.45) is 0 Å². The molecule has 0 saturated heterocycles. The molecule has 1 unspecified atom stereocenters. The van der Waals surface area contributed by atoms with Crippen molar-refractivity contribution < 1.29 is 29.0 Å². The second kappa shape index (κ2) is 9.46. The molecule has 2 aromatic carbocycles. The van der Waals surface area contributed by atoms with Crippen molar-refractivity contribution in [3.8, 4) is 11.1 Å². The Labute approximate surface area is 198 Å². The van der Waals surface area contributed by atoms with Crippen molar-refractivity contribution in [3.05, 3.63) is 59.7 Å². The Hall–Kier alpha value is -3.39. The Morgan fingerprint density at radius 3 is 2.12 bits per heavy atom. The Morgan fingerprint density at radius 1 is 1.06 bits per heavy atom. The number of aliphatic carboxylic acids is 1. The number of carboxylic acids is 1. The Kier molecular flexibility index (Phi) is 6.61. The summed E-state index contributed by atoms with van der Waals surface area (Å²) >= 11 is 0. The number of carbonyl (C=O) groups excluding carboxylic acids is 2. The van der Waals surface area contributed by atoms with Gasteiger partial charge in [-0.2, -0.15) is 0 Å². The summed E-state index contributed by atoms with van der Waals surface area (Å²) in [7, 11) is 1.38. The van der Waals surface area contributed by atoms with Crippen molar-refractivity contribution in [1.29, 1.82) is 0 Å². The number of carbonyl (C=O) groups is 3. The van der Waals surface area contributed by atoms with Crippen LogP contribution in [0.1, 0.15) is 49.7 Å². The highest BCUT2D eigenvalue weighted by Gasteiger charge is 2.50. The molecule has 2 aromatic rings. The molecule has 3 N–H and O–H groups in total. The zero-order valence-corrected chi connectivity index (χ0v) is 19.4. The first-order valence-corrected chi connectivity index (χ1v) is 11.5. The molecule has 2 amide bonds. The number of carboxylic acid groups (broad SMARTS) is 1. The third kappa shape index (κ3) is 4.14. The van der Waals surface area contributed by atoms with Gasteiger partial charge in [-0.1, -0.05) is 55.5 Å². The van der Waals surface area contributed by atoms with Crippen molar-refractivity contribution in [3.63, 3.8) is 0 Å². The largest absolute Gasteiger partial charge is 0.479 e. The van der Waals surface area contributed by atoms with Crippen LogP contribution in [0.25, 0.3) is 11.1 Å². The SMILES string of the molecule is CCC(COC)(NC(=O)C1(NC(=O)OCC2c3ccccc3-c3ccccc32)CCC1)C(=O)O. The highest BCUT2D eigenvalue weighted by Crippen LogP contribution is 2.44. The number of benzene rings is 2. The molecule has 8 heteroatoms. The van der Waals surface area contributed by atoms with Gasteiger partial charge in [0, 0.05) is 13.0 Å². The van der Waals surface area contributed by atoms with Gasteiger partial charge in [0.15, 0.2) is 5.54 Å². The van der Waals surface area contributed by atoms with Gasteiger partial charge in [0.25, 0.3) is 0 Å². The fourth-order valence-electron chi connectivity index (χ4n) is 4.85. The number of methoxy groups -OCH3 is 1. The molecule has 0 bridgehead atoms. The van der Waals surface area contributed by atoms with Gasteiger partial charge in [-0.15, -0.1) is 0 Å². The summed E-state index contributed by atoms with van der Waals surface area (Å²) in [5.74, 6) is -1.81. The predicted octanol–water partition coefficient (Wildman–Crippen LogP) is 3.44. The Bertz CT molecular complexity index is 1050. The Morgan fingerprint density at radius 2 is 1.65 bits per heavy atom. The van der Waals surface area contributed by atoms with Crippen LogP contribution in [0.5, 0.6) is 0 Å². The fourth-order valence-corrected chi connectivity index (χ4v) is 4.85. The minimum Gasteiger partial charge on any atom is -0.479 e. The number of hydrogen-bond acceptors (Lipinski definition) is 5. The van der Waals surface area contributed by atoms with Crippen LogP contribution in [0.15, 0.2) is 48.5 Å². The quantitative estimate of drug-likeness (QED) is 0.522. The van der Waals surface area contributed by atoms with Gasteiger partial charge in [0.05, 0.1) is 6.61 Å². The van der Waals surface area contributed by atoms with Gasteiger partial charge < -0.3 is 25.2 Å². The number of hydrogen-bond donors (Lipinski definition) is 3. The highest BCUT2D eigenvalue weighted by atomic mass is 16.5. The molecule has 0 heterocycles. The molecule has 8 nitrogen and oxygen atoms in total. The minimum atomic E-state index is -1.56. The molecule has 2 aliphatic rings. The van der Waals surface area contributed by atoms with E-state index in [4.69, 9.17) is 9.47 Å². The summed E-state index contributed by atoms with van der Waals surface area (Å²) in [6.45, 7) is 1.63. The molecule has 2 aliphatic carbocycles. The number of nitrogens with one attached hydrogen (secondary N) is 2. The number of alkyl carbamates (subject to hydrolysis) is 1. The number of rotatable bonds is 9. The average Bonchev–Trinajstić information content (AvgIpc) is 3.13. The summed E-state index contributed by atoms with van der Waals surface area (Å²) in [5.41, 5.74) is 1.71. The molecular weight excluding hydrogens is 436 g/mol. The summed E-state index contributed by atoms with van der Waals surface area (Å²) in [6.07, 6.45) is 1.02. The highest BCUT2D eigenvalue weighted by molar-refractivity contribution is 5.95. The van der Waals surface area contributed by atoms with E-state index in [1.165, 1.54) is 7.11 Å². The Balaban J connectivity index is 1.44. The fraction of sp³-hybridized carbons (Fsp3) is 0.423. The monoisotopic (exact) mass is 466 g/mol. The molecule has 0 spiro atoms. The summed E-state index contributed by atoms with van der Waals surface area (Å²) in [4.78, 5) is 37.8. The minimum absolute atomic E-state index is 0.0919. The first kappa shape index (κ1) is 23.8. The second-order valence-corrected chi connectivity index (χ2v) is 9.01. The van der Waals surface area contributed by atoms with Crippen LogP contribution >= 0.6 is 0 Å². The molecule has 1 fully saturated rings. The standard InChI is InChI=1S/C26H30N2O6/c1-3-25(16-33-2,23(30)31)27-22(29)26(13-8-14-26)28-24(32)34-15-21-19-11-6-4-9-17(19)18-10-5-7-12-20(18)21/h4-7,9-12,21H,3,8,13-16H2,1-2H3,(H,27,29)(H,28,32)(H,30,31). The van der Waals surface area contributed by atoms with E-state index in [1.807, 2.05) is 36.4 Å². The van der Waals surface area contributed by atoms with Gasteiger partial charge >= 0.3 is 12.1 Å².